The summed E-state index contributed by atoms with van der Waals surface area (Å²) in [6.07, 6.45) is 26.3. The van der Waals surface area contributed by atoms with Crippen molar-refractivity contribution in [2.75, 3.05) is 23.0 Å². The van der Waals surface area contributed by atoms with E-state index >= 15 is 0 Å². The van der Waals surface area contributed by atoms with Gasteiger partial charge in [-0.25, -0.2) is 0 Å². The van der Waals surface area contributed by atoms with Gasteiger partial charge < -0.3 is 0 Å². The van der Waals surface area contributed by atoms with Gasteiger partial charge in [0.25, 0.3) is 0 Å². The summed E-state index contributed by atoms with van der Waals surface area (Å²) in [6.45, 7) is 13.9. The Morgan fingerprint density at radius 3 is 1.23 bits per heavy atom. The zero-order chi connectivity index (χ0) is 37.4. The van der Waals surface area contributed by atoms with E-state index in [9.17, 15) is 0 Å². The zero-order valence-corrected chi connectivity index (χ0v) is 38.2. The monoisotopic (exact) mass is 794 g/mol. The number of thioether (sulfide) groups is 4. The fourth-order valence-electron chi connectivity index (χ4n) is 9.76. The van der Waals surface area contributed by atoms with Crippen molar-refractivity contribution in [3.8, 4) is 0 Å². The van der Waals surface area contributed by atoms with Crippen molar-refractivity contribution in [2.45, 2.75) is 185 Å². The SMILES string of the molecule is CCCCC1CSC([C@H]2CC[C@H](c3ccc(CCC)cc3C)CC2)SC1.CCCCc1ccc([C@H]2CC[C@H](C3SCC(CCCC)CS3)CC2)c(C)c1. The lowest BCUT2D eigenvalue weighted by molar-refractivity contribution is 0.342. The molecule has 4 heteroatoms. The van der Waals surface area contributed by atoms with Crippen LogP contribution in [0.15, 0.2) is 36.4 Å². The van der Waals surface area contributed by atoms with Gasteiger partial charge in [0.2, 0.25) is 0 Å². The number of hydrogen-bond donors (Lipinski definition) is 0. The van der Waals surface area contributed by atoms with Crippen LogP contribution in [-0.2, 0) is 12.8 Å². The van der Waals surface area contributed by atoms with Crippen molar-refractivity contribution >= 4 is 47.0 Å². The smallest absolute Gasteiger partial charge is 0.0530 e. The predicted octanol–water partition coefficient (Wildman–Crippen LogP) is 16.1. The quantitative estimate of drug-likeness (QED) is 0.176. The average molecular weight is 795 g/mol. The van der Waals surface area contributed by atoms with Crippen LogP contribution in [0.4, 0.5) is 0 Å². The van der Waals surface area contributed by atoms with Gasteiger partial charge in [0.15, 0.2) is 0 Å². The second-order valence-electron chi connectivity index (χ2n) is 17.5. The second-order valence-corrected chi connectivity index (χ2v) is 22.8. The standard InChI is InChI=1S/C25H40S2.C24H38S2/c1-4-6-8-20-10-15-24(19(3)16-20)22-11-13-23(14-12-22)25-26-17-21(18-27-25)9-7-5-2;1-4-6-8-20-16-25-24(26-17-20)22-12-10-21(11-13-22)23-14-9-19(7-5-2)15-18(23)3/h10,15-16,21-23,25H,4-9,11-14,17-18H2,1-3H3;9,14-15,20-22,24H,4-8,10-13,16-17H2,1-3H3/t21?,22-,23-,25?;20?,21-,22-,24?. The Morgan fingerprint density at radius 2 is 0.868 bits per heavy atom. The third-order valence-electron chi connectivity index (χ3n) is 13.1. The predicted molar refractivity (Wildman–Crippen MR) is 248 cm³/mol. The maximum absolute atomic E-state index is 2.47. The molecule has 6 rings (SSSR count). The lowest BCUT2D eigenvalue weighted by atomic mass is 9.78. The molecule has 2 aliphatic heterocycles. The molecule has 0 unspecified atom stereocenters. The molecule has 2 aliphatic carbocycles. The van der Waals surface area contributed by atoms with Crippen LogP contribution >= 0.6 is 47.0 Å². The molecule has 0 N–H and O–H groups in total. The first-order chi connectivity index (χ1) is 25.9. The summed E-state index contributed by atoms with van der Waals surface area (Å²) in [7, 11) is 0. The van der Waals surface area contributed by atoms with E-state index in [0.717, 1.165) is 44.7 Å². The van der Waals surface area contributed by atoms with E-state index in [2.05, 4.69) is 125 Å². The highest BCUT2D eigenvalue weighted by Crippen LogP contribution is 2.49. The minimum atomic E-state index is 0.817. The highest BCUT2D eigenvalue weighted by molar-refractivity contribution is 8.18. The van der Waals surface area contributed by atoms with E-state index in [4.69, 9.17) is 0 Å². The van der Waals surface area contributed by atoms with Crippen molar-refractivity contribution in [1.82, 2.24) is 0 Å². The van der Waals surface area contributed by atoms with Gasteiger partial charge in [0.1, 0.15) is 0 Å². The highest BCUT2D eigenvalue weighted by Gasteiger charge is 2.34. The van der Waals surface area contributed by atoms with Gasteiger partial charge in [-0.05, 0) is 189 Å². The topological polar surface area (TPSA) is 0 Å². The van der Waals surface area contributed by atoms with Crippen LogP contribution in [0.5, 0.6) is 0 Å². The van der Waals surface area contributed by atoms with Crippen molar-refractivity contribution in [3.63, 3.8) is 0 Å². The van der Waals surface area contributed by atoms with Gasteiger partial charge in [-0.1, -0.05) is 103 Å². The number of benzene rings is 2. The molecule has 0 aromatic heterocycles. The molecule has 53 heavy (non-hydrogen) atoms. The molecule has 298 valence electrons. The zero-order valence-electron chi connectivity index (χ0n) is 35.0. The van der Waals surface area contributed by atoms with E-state index in [1.165, 1.54) is 151 Å². The fraction of sp³-hybridized carbons (Fsp3) is 0.755. The van der Waals surface area contributed by atoms with Crippen LogP contribution in [0.3, 0.4) is 0 Å². The van der Waals surface area contributed by atoms with Gasteiger partial charge in [-0.15, -0.1) is 47.0 Å². The summed E-state index contributed by atoms with van der Waals surface area (Å²) in [5.74, 6) is 11.2. The van der Waals surface area contributed by atoms with Gasteiger partial charge in [-0.3, -0.25) is 0 Å². The summed E-state index contributed by atoms with van der Waals surface area (Å²) in [4.78, 5) is 0. The molecule has 2 aromatic carbocycles. The van der Waals surface area contributed by atoms with Crippen LogP contribution < -0.4 is 0 Å². The average Bonchev–Trinajstić information content (AvgIpc) is 3.19. The Balaban J connectivity index is 0.000000204. The minimum Gasteiger partial charge on any atom is -0.147 e. The van der Waals surface area contributed by atoms with E-state index in [-0.39, 0.29) is 0 Å². The number of hydrogen-bond acceptors (Lipinski definition) is 4. The highest BCUT2D eigenvalue weighted by atomic mass is 32.2. The first-order valence-electron chi connectivity index (χ1n) is 22.6. The lowest BCUT2D eigenvalue weighted by Gasteiger charge is -2.37. The van der Waals surface area contributed by atoms with Crippen LogP contribution in [0.25, 0.3) is 0 Å². The van der Waals surface area contributed by atoms with Crippen LogP contribution in [0, 0.1) is 37.5 Å². The van der Waals surface area contributed by atoms with Crippen molar-refractivity contribution in [1.29, 1.82) is 0 Å². The van der Waals surface area contributed by atoms with Crippen molar-refractivity contribution in [2.24, 2.45) is 23.7 Å². The molecule has 4 fully saturated rings. The second kappa shape index (κ2) is 23.9. The number of unbranched alkanes of at least 4 members (excludes halogenated alkanes) is 3. The molecule has 2 heterocycles. The molecule has 0 bridgehead atoms. The minimum absolute atomic E-state index is 0.817. The normalized spacial score (nSPS) is 29.3. The first kappa shape index (κ1) is 44.0. The molecule has 2 saturated heterocycles. The first-order valence-corrected chi connectivity index (χ1v) is 26.8. The van der Waals surface area contributed by atoms with Crippen LogP contribution in [-0.4, -0.2) is 32.2 Å². The van der Waals surface area contributed by atoms with E-state index in [0.29, 0.717) is 0 Å². The summed E-state index contributed by atoms with van der Waals surface area (Å²) in [6, 6.07) is 14.6. The number of aryl methyl sites for hydroxylation is 4. The Bertz CT molecular complexity index is 1290. The fourth-order valence-corrected chi connectivity index (χ4v) is 16.9. The number of rotatable bonds is 15. The van der Waals surface area contributed by atoms with Gasteiger partial charge in [-0.2, -0.15) is 0 Å². The summed E-state index contributed by atoms with van der Waals surface area (Å²) >= 11 is 9.20. The Hall–Kier alpha value is -0.160. The molecule has 2 saturated carbocycles. The summed E-state index contributed by atoms with van der Waals surface area (Å²) < 4.78 is 1.78. The van der Waals surface area contributed by atoms with E-state index < -0.39 is 0 Å². The van der Waals surface area contributed by atoms with E-state index in [1.54, 1.807) is 27.8 Å². The Kier molecular flexibility index (Phi) is 19.8. The third kappa shape index (κ3) is 13.7. The van der Waals surface area contributed by atoms with Gasteiger partial charge in [0.05, 0.1) is 9.16 Å². The van der Waals surface area contributed by atoms with Crippen LogP contribution in [0.1, 0.15) is 182 Å². The molecule has 0 atom stereocenters. The molecule has 0 radical (unpaired) electrons. The molecular weight excluding hydrogens is 717 g/mol. The third-order valence-corrected chi connectivity index (χ3v) is 20.3. The summed E-state index contributed by atoms with van der Waals surface area (Å²) in [5, 5.41) is 0. The van der Waals surface area contributed by atoms with Gasteiger partial charge in [0, 0.05) is 0 Å². The molecule has 2 aromatic rings. The molecule has 0 spiro atoms. The van der Waals surface area contributed by atoms with Crippen molar-refractivity contribution in [3.05, 3.63) is 69.8 Å². The summed E-state index contributed by atoms with van der Waals surface area (Å²) in [5.41, 5.74) is 9.45. The van der Waals surface area contributed by atoms with Crippen molar-refractivity contribution < 1.29 is 0 Å². The largest absolute Gasteiger partial charge is 0.147 e. The van der Waals surface area contributed by atoms with Crippen LogP contribution in [0.2, 0.25) is 0 Å². The molecular formula is C49H78S4. The Labute approximate surface area is 345 Å². The Morgan fingerprint density at radius 1 is 0.472 bits per heavy atom. The molecule has 0 nitrogen and oxygen atoms in total. The van der Waals surface area contributed by atoms with Gasteiger partial charge >= 0.3 is 0 Å². The molecule has 0 amide bonds. The maximum Gasteiger partial charge on any atom is 0.0530 e. The molecule has 4 aliphatic rings. The maximum atomic E-state index is 2.47. The lowest BCUT2D eigenvalue weighted by Crippen LogP contribution is -2.26. The van der Waals surface area contributed by atoms with E-state index in [1.807, 2.05) is 0 Å².